The fourth-order valence-corrected chi connectivity index (χ4v) is 0.987. The summed E-state index contributed by atoms with van der Waals surface area (Å²) in [6.45, 7) is -0.729. The maximum absolute atomic E-state index is 11.8. The zero-order chi connectivity index (χ0) is 12.9. The maximum Gasteiger partial charge on any atom is 0.471 e. The molecule has 1 rings (SSSR count). The number of hydrogen-bond acceptors (Lipinski definition) is 2. The molecule has 2 N–H and O–H groups in total. The lowest BCUT2D eigenvalue weighted by molar-refractivity contribution is -0.173. The second-order valence-electron chi connectivity index (χ2n) is 3.09. The topological polar surface area (TPSA) is 58.2 Å². The molecule has 1 aromatic rings. The Morgan fingerprint density at radius 2 is 1.71 bits per heavy atom. The average molecular weight is 246 g/mol. The molecule has 0 bridgehead atoms. The predicted octanol–water partition coefficient (Wildman–Crippen LogP) is 1.30. The molecule has 0 heterocycles. The number of halogens is 3. The van der Waals surface area contributed by atoms with Gasteiger partial charge < -0.3 is 10.6 Å². The molecule has 0 atom stereocenters. The van der Waals surface area contributed by atoms with E-state index in [0.29, 0.717) is 5.69 Å². The van der Waals surface area contributed by atoms with Crippen LogP contribution in [0.5, 0.6) is 0 Å². The van der Waals surface area contributed by atoms with Crippen molar-refractivity contribution in [1.82, 2.24) is 5.32 Å². The van der Waals surface area contributed by atoms with Gasteiger partial charge in [0.2, 0.25) is 5.91 Å². The van der Waals surface area contributed by atoms with Crippen molar-refractivity contribution in [3.63, 3.8) is 0 Å². The van der Waals surface area contributed by atoms with Crippen LogP contribution in [0.3, 0.4) is 0 Å². The Kier molecular flexibility index (Phi) is 4.08. The Hall–Kier alpha value is -2.05. The van der Waals surface area contributed by atoms with E-state index in [4.69, 9.17) is 0 Å². The second kappa shape index (κ2) is 5.33. The molecule has 0 aliphatic heterocycles. The van der Waals surface area contributed by atoms with Gasteiger partial charge in [-0.1, -0.05) is 18.2 Å². The Bertz CT molecular complexity index is 404. The predicted molar refractivity (Wildman–Crippen MR) is 54.1 cm³/mol. The summed E-state index contributed by atoms with van der Waals surface area (Å²) >= 11 is 0. The number of anilines is 1. The SMILES string of the molecule is O=C(CNC(=O)C(F)(F)F)Nc1ccccc1. The van der Waals surface area contributed by atoms with Crippen LogP contribution in [-0.2, 0) is 9.59 Å². The van der Waals surface area contributed by atoms with Crippen molar-refractivity contribution in [3.8, 4) is 0 Å². The summed E-state index contributed by atoms with van der Waals surface area (Å²) in [6.07, 6.45) is -4.98. The van der Waals surface area contributed by atoms with E-state index in [2.05, 4.69) is 5.32 Å². The molecule has 0 radical (unpaired) electrons. The number of amides is 2. The number of alkyl halides is 3. The summed E-state index contributed by atoms with van der Waals surface area (Å²) in [4.78, 5) is 21.6. The van der Waals surface area contributed by atoms with Crippen molar-refractivity contribution in [2.45, 2.75) is 6.18 Å². The van der Waals surface area contributed by atoms with Crippen LogP contribution in [-0.4, -0.2) is 24.5 Å². The highest BCUT2D eigenvalue weighted by Crippen LogP contribution is 2.13. The van der Waals surface area contributed by atoms with E-state index in [-0.39, 0.29) is 0 Å². The van der Waals surface area contributed by atoms with Crippen molar-refractivity contribution in [2.75, 3.05) is 11.9 Å². The van der Waals surface area contributed by atoms with E-state index in [0.717, 1.165) is 0 Å². The molecule has 1 aromatic carbocycles. The highest BCUT2D eigenvalue weighted by atomic mass is 19.4. The fraction of sp³-hybridized carbons (Fsp3) is 0.200. The quantitative estimate of drug-likeness (QED) is 0.844. The smallest absolute Gasteiger partial charge is 0.339 e. The summed E-state index contributed by atoms with van der Waals surface area (Å²) in [5, 5.41) is 3.79. The third-order valence-corrected chi connectivity index (χ3v) is 1.72. The van der Waals surface area contributed by atoms with Crippen LogP contribution in [0.1, 0.15) is 0 Å². The summed E-state index contributed by atoms with van der Waals surface area (Å²) in [5.74, 6) is -2.87. The van der Waals surface area contributed by atoms with Crippen LogP contribution >= 0.6 is 0 Å². The number of carbonyl (C=O) groups is 2. The van der Waals surface area contributed by atoms with E-state index in [1.54, 1.807) is 30.3 Å². The zero-order valence-corrected chi connectivity index (χ0v) is 8.54. The molecule has 0 fully saturated rings. The summed E-state index contributed by atoms with van der Waals surface area (Å²) in [7, 11) is 0. The second-order valence-corrected chi connectivity index (χ2v) is 3.09. The largest absolute Gasteiger partial charge is 0.471 e. The Morgan fingerprint density at radius 1 is 1.12 bits per heavy atom. The molecule has 0 spiro atoms. The summed E-state index contributed by atoms with van der Waals surface area (Å²) < 4.78 is 35.3. The van der Waals surface area contributed by atoms with E-state index in [1.807, 2.05) is 0 Å². The van der Waals surface area contributed by atoms with Crippen LogP contribution < -0.4 is 10.6 Å². The van der Waals surface area contributed by atoms with Crippen LogP contribution in [0.15, 0.2) is 30.3 Å². The number of carbonyl (C=O) groups excluding carboxylic acids is 2. The zero-order valence-electron chi connectivity index (χ0n) is 8.54. The van der Waals surface area contributed by atoms with Crippen molar-refractivity contribution in [3.05, 3.63) is 30.3 Å². The minimum absolute atomic E-state index is 0.443. The first-order valence-electron chi connectivity index (χ1n) is 4.59. The summed E-state index contributed by atoms with van der Waals surface area (Å²) in [5.41, 5.74) is 0.443. The fourth-order valence-electron chi connectivity index (χ4n) is 0.987. The van der Waals surface area contributed by atoms with Gasteiger partial charge in [0, 0.05) is 5.69 Å². The molecular weight excluding hydrogens is 237 g/mol. The number of rotatable bonds is 3. The van der Waals surface area contributed by atoms with Gasteiger partial charge in [0.05, 0.1) is 6.54 Å². The molecule has 0 aromatic heterocycles. The lowest BCUT2D eigenvalue weighted by atomic mass is 10.3. The standard InChI is InChI=1S/C10H9F3N2O2/c11-10(12,13)9(17)14-6-8(16)15-7-4-2-1-3-5-7/h1-5H,6H2,(H,14,17)(H,15,16). The Balaban J connectivity index is 2.39. The Labute approximate surface area is 94.8 Å². The molecule has 0 unspecified atom stereocenters. The highest BCUT2D eigenvalue weighted by molar-refractivity contribution is 5.95. The molecule has 17 heavy (non-hydrogen) atoms. The molecule has 0 aliphatic carbocycles. The van der Waals surface area contributed by atoms with Gasteiger partial charge in [-0.3, -0.25) is 9.59 Å². The minimum atomic E-state index is -4.98. The van der Waals surface area contributed by atoms with Crippen molar-refractivity contribution >= 4 is 17.5 Å². The number of nitrogens with one attached hydrogen (secondary N) is 2. The van der Waals surface area contributed by atoms with E-state index < -0.39 is 24.5 Å². The molecule has 92 valence electrons. The lowest BCUT2D eigenvalue weighted by Crippen LogP contribution is -2.41. The van der Waals surface area contributed by atoms with Crippen molar-refractivity contribution in [2.24, 2.45) is 0 Å². The molecule has 4 nitrogen and oxygen atoms in total. The third-order valence-electron chi connectivity index (χ3n) is 1.72. The van der Waals surface area contributed by atoms with E-state index in [1.165, 1.54) is 5.32 Å². The van der Waals surface area contributed by atoms with Gasteiger partial charge in [-0.15, -0.1) is 0 Å². The van der Waals surface area contributed by atoms with Crippen molar-refractivity contribution < 1.29 is 22.8 Å². The van der Waals surface area contributed by atoms with Crippen LogP contribution in [0, 0.1) is 0 Å². The first kappa shape index (κ1) is 13.0. The van der Waals surface area contributed by atoms with Crippen LogP contribution in [0.2, 0.25) is 0 Å². The van der Waals surface area contributed by atoms with Crippen molar-refractivity contribution in [1.29, 1.82) is 0 Å². The van der Waals surface area contributed by atoms with Gasteiger partial charge in [0.15, 0.2) is 0 Å². The molecule has 7 heteroatoms. The van der Waals surface area contributed by atoms with Gasteiger partial charge in [-0.05, 0) is 12.1 Å². The number of benzene rings is 1. The van der Waals surface area contributed by atoms with Gasteiger partial charge in [0.25, 0.3) is 0 Å². The minimum Gasteiger partial charge on any atom is -0.339 e. The van der Waals surface area contributed by atoms with E-state index in [9.17, 15) is 22.8 Å². The van der Waals surface area contributed by atoms with Crippen LogP contribution in [0.25, 0.3) is 0 Å². The third kappa shape index (κ3) is 4.54. The highest BCUT2D eigenvalue weighted by Gasteiger charge is 2.38. The monoisotopic (exact) mass is 246 g/mol. The van der Waals surface area contributed by atoms with E-state index >= 15 is 0 Å². The Morgan fingerprint density at radius 3 is 2.24 bits per heavy atom. The van der Waals surface area contributed by atoms with Gasteiger partial charge >= 0.3 is 12.1 Å². The summed E-state index contributed by atoms with van der Waals surface area (Å²) in [6, 6.07) is 8.18. The molecule has 0 saturated heterocycles. The molecule has 0 saturated carbocycles. The van der Waals surface area contributed by atoms with Gasteiger partial charge in [0.1, 0.15) is 0 Å². The van der Waals surface area contributed by atoms with Crippen LogP contribution in [0.4, 0.5) is 18.9 Å². The molecular formula is C10H9F3N2O2. The lowest BCUT2D eigenvalue weighted by Gasteiger charge is -2.08. The number of para-hydroxylation sites is 1. The number of hydrogen-bond donors (Lipinski definition) is 2. The van der Waals surface area contributed by atoms with Gasteiger partial charge in [-0.2, -0.15) is 13.2 Å². The average Bonchev–Trinajstić information content (AvgIpc) is 2.26. The first-order valence-corrected chi connectivity index (χ1v) is 4.59. The van der Waals surface area contributed by atoms with Gasteiger partial charge in [-0.25, -0.2) is 0 Å². The molecule has 0 aliphatic rings. The first-order chi connectivity index (χ1) is 7.89. The normalized spacial score (nSPS) is 10.8. The maximum atomic E-state index is 11.8. The molecule has 2 amide bonds.